The van der Waals surface area contributed by atoms with Crippen molar-refractivity contribution in [1.29, 1.82) is 0 Å². The first-order chi connectivity index (χ1) is 8.01. The van der Waals surface area contributed by atoms with E-state index >= 15 is 0 Å². The van der Waals surface area contributed by atoms with Crippen molar-refractivity contribution in [3.05, 3.63) is 34.3 Å². The molecule has 0 unspecified atom stereocenters. The standard InChI is InChI=1S/C10H8BrNO4S/c1-15-7-2-4-8(5-3-7)16-10-12-9(11)6-17(10,13)14/h2-6H,1H3. The maximum absolute atomic E-state index is 11.5. The minimum absolute atomic E-state index is 0.223. The molecule has 1 aromatic carbocycles. The van der Waals surface area contributed by atoms with Crippen molar-refractivity contribution < 1.29 is 17.9 Å². The van der Waals surface area contributed by atoms with Gasteiger partial charge in [0.25, 0.3) is 9.84 Å². The number of benzene rings is 1. The Morgan fingerprint density at radius 1 is 1.18 bits per heavy atom. The lowest BCUT2D eigenvalue weighted by Gasteiger charge is -2.05. The topological polar surface area (TPSA) is 65.0 Å². The van der Waals surface area contributed by atoms with E-state index in [1.165, 1.54) is 0 Å². The molecule has 7 heteroatoms. The summed E-state index contributed by atoms with van der Waals surface area (Å²) in [6.45, 7) is 0. The Kier molecular flexibility index (Phi) is 3.21. The molecule has 0 aromatic heterocycles. The fourth-order valence-electron chi connectivity index (χ4n) is 1.18. The molecular weight excluding hydrogens is 310 g/mol. The van der Waals surface area contributed by atoms with Gasteiger partial charge in [0.05, 0.1) is 12.5 Å². The molecule has 0 N–H and O–H groups in total. The highest BCUT2D eigenvalue weighted by Gasteiger charge is 2.26. The summed E-state index contributed by atoms with van der Waals surface area (Å²) >= 11 is 2.98. The lowest BCUT2D eigenvalue weighted by atomic mass is 10.3. The molecule has 0 fully saturated rings. The molecule has 0 bridgehead atoms. The predicted octanol–water partition coefficient (Wildman–Crippen LogP) is 2.05. The highest BCUT2D eigenvalue weighted by Crippen LogP contribution is 2.23. The average Bonchev–Trinajstić information content (AvgIpc) is 2.53. The van der Waals surface area contributed by atoms with Crippen LogP contribution < -0.4 is 9.47 Å². The van der Waals surface area contributed by atoms with Crippen LogP contribution in [0.25, 0.3) is 0 Å². The zero-order chi connectivity index (χ0) is 12.5. The second-order valence-corrected chi connectivity index (χ2v) is 5.63. The summed E-state index contributed by atoms with van der Waals surface area (Å²) in [6.07, 6.45) is 0. The third-order valence-electron chi connectivity index (χ3n) is 1.96. The van der Waals surface area contributed by atoms with E-state index in [0.717, 1.165) is 5.41 Å². The van der Waals surface area contributed by atoms with Crippen LogP contribution in [-0.2, 0) is 9.84 Å². The predicted molar refractivity (Wildman–Crippen MR) is 67.0 cm³/mol. The van der Waals surface area contributed by atoms with Gasteiger partial charge in [-0.2, -0.15) is 4.99 Å². The van der Waals surface area contributed by atoms with Crippen molar-refractivity contribution in [1.82, 2.24) is 0 Å². The molecule has 0 aliphatic carbocycles. The Morgan fingerprint density at radius 3 is 2.24 bits per heavy atom. The van der Waals surface area contributed by atoms with E-state index < -0.39 is 9.84 Å². The zero-order valence-electron chi connectivity index (χ0n) is 8.75. The van der Waals surface area contributed by atoms with Gasteiger partial charge in [0, 0.05) is 0 Å². The van der Waals surface area contributed by atoms with Gasteiger partial charge in [-0.1, -0.05) is 0 Å². The highest BCUT2D eigenvalue weighted by molar-refractivity contribution is 9.11. The molecule has 1 aromatic rings. The van der Waals surface area contributed by atoms with Crippen LogP contribution in [0.3, 0.4) is 0 Å². The van der Waals surface area contributed by atoms with E-state index in [1.54, 1.807) is 31.4 Å². The molecular formula is C10H8BrNO4S. The van der Waals surface area contributed by atoms with Crippen LogP contribution in [0.5, 0.6) is 11.5 Å². The quantitative estimate of drug-likeness (QED) is 0.783. The maximum Gasteiger partial charge on any atom is 0.320 e. The largest absolute Gasteiger partial charge is 0.497 e. The number of ether oxygens (including phenoxy) is 2. The molecule has 0 spiro atoms. The van der Waals surface area contributed by atoms with Crippen LogP contribution in [-0.4, -0.2) is 20.8 Å². The molecule has 0 amide bonds. The first kappa shape index (κ1) is 12.1. The molecule has 0 radical (unpaired) electrons. The molecule has 0 saturated carbocycles. The van der Waals surface area contributed by atoms with Crippen LogP contribution in [0.2, 0.25) is 0 Å². The van der Waals surface area contributed by atoms with Crippen LogP contribution in [0.1, 0.15) is 0 Å². The summed E-state index contributed by atoms with van der Waals surface area (Å²) in [6, 6.07) is 6.53. The molecule has 5 nitrogen and oxygen atoms in total. The first-order valence-electron chi connectivity index (χ1n) is 4.54. The van der Waals surface area contributed by atoms with Crippen molar-refractivity contribution in [2.24, 2.45) is 4.99 Å². The molecule has 17 heavy (non-hydrogen) atoms. The number of hydrogen-bond donors (Lipinski definition) is 0. The highest BCUT2D eigenvalue weighted by atomic mass is 79.9. The number of sulfone groups is 1. The first-order valence-corrected chi connectivity index (χ1v) is 6.88. The van der Waals surface area contributed by atoms with Gasteiger partial charge >= 0.3 is 5.23 Å². The fraction of sp³-hybridized carbons (Fsp3) is 0.100. The molecule has 0 atom stereocenters. The number of halogens is 1. The van der Waals surface area contributed by atoms with Gasteiger partial charge in [-0.15, -0.1) is 0 Å². The number of aliphatic imine (C=N–C) groups is 1. The zero-order valence-corrected chi connectivity index (χ0v) is 11.2. The summed E-state index contributed by atoms with van der Waals surface area (Å²) in [4.78, 5) is 3.73. The summed E-state index contributed by atoms with van der Waals surface area (Å²) < 4.78 is 33.4. The second-order valence-electron chi connectivity index (χ2n) is 3.14. The molecule has 90 valence electrons. The van der Waals surface area contributed by atoms with E-state index in [-0.39, 0.29) is 9.84 Å². The molecule has 1 heterocycles. The van der Waals surface area contributed by atoms with E-state index in [2.05, 4.69) is 20.9 Å². The monoisotopic (exact) mass is 317 g/mol. The third kappa shape index (κ3) is 2.67. The summed E-state index contributed by atoms with van der Waals surface area (Å²) in [5.41, 5.74) is 0. The SMILES string of the molecule is COc1ccc(OC2=NC(Br)=CS2(=O)=O)cc1. The van der Waals surface area contributed by atoms with E-state index in [4.69, 9.17) is 9.47 Å². The summed E-state index contributed by atoms with van der Waals surface area (Å²) in [5.74, 6) is 1.04. The third-order valence-corrected chi connectivity index (χ3v) is 3.86. The van der Waals surface area contributed by atoms with Crippen molar-refractivity contribution >= 4 is 31.0 Å². The lowest BCUT2D eigenvalue weighted by molar-refractivity contribution is 0.414. The van der Waals surface area contributed by atoms with Crippen molar-refractivity contribution in [3.8, 4) is 11.5 Å². The van der Waals surface area contributed by atoms with Gasteiger partial charge in [0.1, 0.15) is 16.1 Å². The average molecular weight is 318 g/mol. The van der Waals surface area contributed by atoms with Gasteiger partial charge in [-0.25, -0.2) is 8.42 Å². The van der Waals surface area contributed by atoms with E-state index in [0.29, 0.717) is 11.5 Å². The summed E-state index contributed by atoms with van der Waals surface area (Å²) in [7, 11) is -2.02. The van der Waals surface area contributed by atoms with Crippen molar-refractivity contribution in [2.75, 3.05) is 7.11 Å². The normalized spacial score (nSPS) is 17.3. The molecule has 0 saturated heterocycles. The Labute approximate surface area is 107 Å². The Hall–Kier alpha value is -1.34. The van der Waals surface area contributed by atoms with E-state index in [1.807, 2.05) is 0 Å². The van der Waals surface area contributed by atoms with Gasteiger partial charge in [-0.05, 0) is 40.2 Å². The second kappa shape index (κ2) is 4.50. The van der Waals surface area contributed by atoms with Gasteiger partial charge in [0.15, 0.2) is 0 Å². The van der Waals surface area contributed by atoms with E-state index in [9.17, 15) is 8.42 Å². The minimum Gasteiger partial charge on any atom is -0.497 e. The number of nitrogens with zero attached hydrogens (tertiary/aromatic N) is 1. The van der Waals surface area contributed by atoms with Gasteiger partial charge in [0.2, 0.25) is 0 Å². The Balaban J connectivity index is 2.20. The maximum atomic E-state index is 11.5. The van der Waals surface area contributed by atoms with Gasteiger partial charge < -0.3 is 9.47 Å². The van der Waals surface area contributed by atoms with Crippen molar-refractivity contribution in [3.63, 3.8) is 0 Å². The van der Waals surface area contributed by atoms with Crippen LogP contribution in [0, 0.1) is 0 Å². The minimum atomic E-state index is -3.56. The number of rotatable bonds is 2. The molecule has 1 aliphatic heterocycles. The number of methoxy groups -OCH3 is 1. The Bertz CT molecular complexity index is 589. The number of hydrogen-bond acceptors (Lipinski definition) is 5. The molecule has 2 rings (SSSR count). The lowest BCUT2D eigenvalue weighted by Crippen LogP contribution is -2.15. The van der Waals surface area contributed by atoms with Crippen LogP contribution in [0.15, 0.2) is 39.3 Å². The molecule has 1 aliphatic rings. The summed E-state index contributed by atoms with van der Waals surface area (Å²) in [5, 5.41) is 0.654. The van der Waals surface area contributed by atoms with Crippen LogP contribution >= 0.6 is 15.9 Å². The Morgan fingerprint density at radius 2 is 1.76 bits per heavy atom. The van der Waals surface area contributed by atoms with Crippen LogP contribution in [0.4, 0.5) is 0 Å². The smallest absolute Gasteiger partial charge is 0.320 e. The van der Waals surface area contributed by atoms with Crippen molar-refractivity contribution in [2.45, 2.75) is 0 Å². The van der Waals surface area contributed by atoms with Gasteiger partial charge in [-0.3, -0.25) is 0 Å². The fourth-order valence-corrected chi connectivity index (χ4v) is 3.05.